The number of ether oxygens (including phenoxy) is 5. The number of alkyl halides is 3. The number of nitrogens with zero attached hydrogens (tertiary/aromatic N) is 4. The normalized spacial score (nSPS) is 22.8. The molecule has 3 aliphatic heterocycles. The smallest absolute Gasteiger partial charge is 0.472 e. The van der Waals surface area contributed by atoms with Crippen molar-refractivity contribution in [3.63, 3.8) is 0 Å². The van der Waals surface area contributed by atoms with Gasteiger partial charge in [0.05, 0.1) is 35.2 Å². The summed E-state index contributed by atoms with van der Waals surface area (Å²) in [6.07, 6.45) is -5.62. The van der Waals surface area contributed by atoms with Gasteiger partial charge in [-0.3, -0.25) is 15.0 Å². The van der Waals surface area contributed by atoms with E-state index in [1.165, 1.54) is 6.92 Å². The van der Waals surface area contributed by atoms with Crippen LogP contribution in [0.5, 0.6) is 11.6 Å². The predicted octanol–water partition coefficient (Wildman–Crippen LogP) is 8.56. The van der Waals surface area contributed by atoms with E-state index in [0.717, 1.165) is 6.07 Å². The maximum Gasteiger partial charge on any atom is 0.573 e. The Morgan fingerprint density at radius 1 is 0.984 bits per heavy atom. The number of fused-ring (bicyclic) bond motifs is 5. The Bertz CT molecular complexity index is 2290. The van der Waals surface area contributed by atoms with Gasteiger partial charge >= 0.3 is 18.5 Å². The average molecular weight is 863 g/mol. The minimum absolute atomic E-state index is 0.000702. The molecule has 4 aliphatic rings. The van der Waals surface area contributed by atoms with Crippen molar-refractivity contribution in [2.24, 2.45) is 0 Å². The number of carbonyl (C=O) groups is 3. The lowest BCUT2D eigenvalue weighted by Gasteiger charge is -2.53. The second kappa shape index (κ2) is 15.0. The molecular weight excluding hydrogens is 811 g/mol. The summed E-state index contributed by atoms with van der Waals surface area (Å²) in [5.41, 5.74) is -5.62. The number of carbonyl (C=O) groups excluding carboxylic acids is 3. The Morgan fingerprint density at radius 3 is 2.26 bits per heavy atom. The van der Waals surface area contributed by atoms with E-state index in [9.17, 15) is 27.6 Å². The summed E-state index contributed by atoms with van der Waals surface area (Å²) in [4.78, 5) is 53.9. The molecular formula is C42H51F5N6O8. The van der Waals surface area contributed by atoms with Crippen molar-refractivity contribution in [1.82, 2.24) is 20.2 Å². The van der Waals surface area contributed by atoms with Gasteiger partial charge in [0.15, 0.2) is 17.4 Å². The van der Waals surface area contributed by atoms with E-state index in [2.05, 4.69) is 20.4 Å². The summed E-state index contributed by atoms with van der Waals surface area (Å²) < 4.78 is 103. The summed E-state index contributed by atoms with van der Waals surface area (Å²) in [6.45, 7) is 17.3. The molecule has 19 heteroatoms. The maximum absolute atomic E-state index is 17.7. The number of hydrogen-bond acceptors (Lipinski definition) is 11. The molecule has 4 atom stereocenters. The second-order valence-corrected chi connectivity index (χ2v) is 18.5. The summed E-state index contributed by atoms with van der Waals surface area (Å²) in [5.74, 6) is -5.12. The zero-order valence-corrected chi connectivity index (χ0v) is 35.8. The Balaban J connectivity index is 1.48. The molecule has 2 bridgehead atoms. The first-order chi connectivity index (χ1) is 28.2. The number of aromatic nitrogens is 2. The van der Waals surface area contributed by atoms with Crippen molar-refractivity contribution in [2.75, 3.05) is 30.0 Å². The fraction of sp³-hybridized carbons (Fsp3) is 0.595. The van der Waals surface area contributed by atoms with Gasteiger partial charge in [0.2, 0.25) is 5.88 Å². The Hall–Kier alpha value is -5.20. The first-order valence-corrected chi connectivity index (χ1v) is 20.2. The van der Waals surface area contributed by atoms with Crippen LogP contribution in [0, 0.1) is 18.6 Å². The minimum Gasteiger partial charge on any atom is -0.472 e. The van der Waals surface area contributed by atoms with Gasteiger partial charge in [0, 0.05) is 35.8 Å². The molecule has 2 aromatic heterocycles. The van der Waals surface area contributed by atoms with E-state index < -0.39 is 99.3 Å². The fourth-order valence-corrected chi connectivity index (χ4v) is 8.56. The molecule has 2 saturated heterocycles. The van der Waals surface area contributed by atoms with E-state index in [1.54, 1.807) is 53.4 Å². The zero-order chi connectivity index (χ0) is 44.8. The molecule has 0 radical (unpaired) electrons. The first kappa shape index (κ1) is 43.9. The lowest BCUT2D eigenvalue weighted by Crippen LogP contribution is -2.71. The number of piperazine rings is 1. The summed E-state index contributed by atoms with van der Waals surface area (Å²) >= 11 is 0. The molecule has 1 saturated carbocycles. The van der Waals surface area contributed by atoms with Crippen molar-refractivity contribution >= 4 is 40.4 Å². The lowest BCUT2D eigenvalue weighted by atomic mass is 9.92. The molecule has 2 N–H and O–H groups in total. The van der Waals surface area contributed by atoms with Crippen LogP contribution in [0.1, 0.15) is 104 Å². The second-order valence-electron chi connectivity index (χ2n) is 18.5. The molecule has 332 valence electrons. The number of hydrogen-bond donors (Lipinski definition) is 2. The van der Waals surface area contributed by atoms with Crippen molar-refractivity contribution < 1.29 is 60.0 Å². The van der Waals surface area contributed by atoms with E-state index in [1.807, 2.05) is 18.7 Å². The number of nitrogens with one attached hydrogen (secondary N) is 2. The van der Waals surface area contributed by atoms with E-state index in [4.69, 9.17) is 23.9 Å². The van der Waals surface area contributed by atoms with Crippen LogP contribution in [0.25, 0.3) is 22.0 Å². The molecule has 61 heavy (non-hydrogen) atoms. The van der Waals surface area contributed by atoms with Crippen LogP contribution in [-0.2, 0) is 14.2 Å². The monoisotopic (exact) mass is 862 g/mol. The van der Waals surface area contributed by atoms with Gasteiger partial charge in [-0.05, 0) is 107 Å². The molecule has 3 aromatic rings. The minimum atomic E-state index is -5.45. The standard InChI is InChI=1S/C42H51F5N6O8/c1-11-57-19-41-13-12-25(53(41)37(56)61-39(7,8)9)31-21(3)58-35-27-26(20(2)29(49-33(27)52(31)18-41)34(54)51-40(10)14-15-40)28(44)30(50-35)23-16-22(48-36(55)60-38(4,5)6)17-24(43)32(23)59-42(45,46)47/h16-17,21,25,31H,11-15,18-19H2,1-10H3,(H,48,55)(H,51,54)/t21-,25-,31+,41+/m0/s1. The SMILES string of the molecule is CCOC[C@@]12CC[C@@H]([C@H]3[C@H](C)Oc4nc(-c5cc(NC(=O)OC(C)(C)C)cc(F)c5OC(F)(F)F)c(F)c5c(C)c(C(=O)NC6(C)CC6)nc(c45)N3C1)N2C(=O)OC(C)(C)C. The number of halogens is 5. The van der Waals surface area contributed by atoms with Crippen molar-refractivity contribution in [3.8, 4) is 22.9 Å². The molecule has 0 spiro atoms. The van der Waals surface area contributed by atoms with Gasteiger partial charge in [0.25, 0.3) is 5.91 Å². The number of anilines is 2. The van der Waals surface area contributed by atoms with Gasteiger partial charge < -0.3 is 33.9 Å². The highest BCUT2D eigenvalue weighted by Crippen LogP contribution is 2.51. The topological polar surface area (TPSA) is 154 Å². The highest BCUT2D eigenvalue weighted by molar-refractivity contribution is 6.07. The average Bonchev–Trinajstić information content (AvgIpc) is 3.79. The molecule has 5 heterocycles. The molecule has 1 aromatic carbocycles. The summed E-state index contributed by atoms with van der Waals surface area (Å²) in [7, 11) is 0. The lowest BCUT2D eigenvalue weighted by molar-refractivity contribution is -0.275. The van der Waals surface area contributed by atoms with Crippen LogP contribution in [0.4, 0.5) is 43.0 Å². The third-order valence-electron chi connectivity index (χ3n) is 11.3. The third-order valence-corrected chi connectivity index (χ3v) is 11.3. The summed E-state index contributed by atoms with van der Waals surface area (Å²) in [5, 5.41) is 4.96. The zero-order valence-electron chi connectivity index (χ0n) is 35.8. The van der Waals surface area contributed by atoms with E-state index in [0.29, 0.717) is 38.4 Å². The molecule has 3 fully saturated rings. The number of rotatable bonds is 8. The Kier molecular flexibility index (Phi) is 10.8. The third kappa shape index (κ3) is 8.53. The Labute approximate surface area is 349 Å². The van der Waals surface area contributed by atoms with Crippen molar-refractivity contribution in [1.29, 1.82) is 0 Å². The number of pyridine rings is 2. The summed E-state index contributed by atoms with van der Waals surface area (Å²) in [6, 6.07) is 0.144. The Morgan fingerprint density at radius 2 is 1.66 bits per heavy atom. The van der Waals surface area contributed by atoms with Crippen molar-refractivity contribution in [2.45, 2.75) is 142 Å². The van der Waals surface area contributed by atoms with E-state index >= 15 is 8.78 Å². The molecule has 7 rings (SSSR count). The van der Waals surface area contributed by atoms with Gasteiger partial charge in [-0.25, -0.2) is 28.3 Å². The number of amides is 3. The highest BCUT2D eigenvalue weighted by atomic mass is 19.4. The van der Waals surface area contributed by atoms with Crippen LogP contribution >= 0.6 is 0 Å². The number of benzene rings is 1. The molecule has 0 unspecified atom stereocenters. The highest BCUT2D eigenvalue weighted by Gasteiger charge is 2.61. The maximum atomic E-state index is 17.7. The fourth-order valence-electron chi connectivity index (χ4n) is 8.56. The first-order valence-electron chi connectivity index (χ1n) is 20.2. The molecule has 3 amide bonds. The van der Waals surface area contributed by atoms with Gasteiger partial charge in [-0.2, -0.15) is 0 Å². The van der Waals surface area contributed by atoms with Crippen molar-refractivity contribution in [3.05, 3.63) is 35.0 Å². The van der Waals surface area contributed by atoms with Crippen LogP contribution in [0.15, 0.2) is 12.1 Å². The van der Waals surface area contributed by atoms with Gasteiger partial charge in [0.1, 0.15) is 34.5 Å². The quantitative estimate of drug-likeness (QED) is 0.210. The van der Waals surface area contributed by atoms with Crippen LogP contribution in [0.2, 0.25) is 0 Å². The number of aryl methyl sites for hydroxylation is 1. The largest absolute Gasteiger partial charge is 0.573 e. The van der Waals surface area contributed by atoms with Gasteiger partial charge in [-0.1, -0.05) is 0 Å². The van der Waals surface area contributed by atoms with Crippen LogP contribution in [0.3, 0.4) is 0 Å². The van der Waals surface area contributed by atoms with Crippen LogP contribution < -0.4 is 25.0 Å². The molecule has 1 aliphatic carbocycles. The predicted molar refractivity (Wildman–Crippen MR) is 213 cm³/mol. The van der Waals surface area contributed by atoms with Gasteiger partial charge in [-0.15, -0.1) is 13.2 Å². The van der Waals surface area contributed by atoms with Crippen LogP contribution in [-0.4, -0.2) is 99.6 Å². The molecule has 14 nitrogen and oxygen atoms in total. The van der Waals surface area contributed by atoms with E-state index in [-0.39, 0.29) is 46.9 Å².